The lowest BCUT2D eigenvalue weighted by Gasteiger charge is -1.91. The summed E-state index contributed by atoms with van der Waals surface area (Å²) < 4.78 is 1.66. The minimum absolute atomic E-state index is 1.08. The molecule has 2 rings (SSSR count). The fourth-order valence-electron chi connectivity index (χ4n) is 0.993. The van der Waals surface area contributed by atoms with Gasteiger partial charge in [-0.25, -0.2) is 9.66 Å². The van der Waals surface area contributed by atoms with Gasteiger partial charge in [-0.15, -0.1) is 0 Å². The van der Waals surface area contributed by atoms with Crippen molar-refractivity contribution in [1.29, 1.82) is 0 Å². The van der Waals surface area contributed by atoms with Gasteiger partial charge in [0.2, 0.25) is 0 Å². The van der Waals surface area contributed by atoms with E-state index in [1.807, 2.05) is 30.3 Å². The molecule has 0 bridgehead atoms. The third kappa shape index (κ3) is 2.02. The van der Waals surface area contributed by atoms with E-state index >= 15 is 0 Å². The van der Waals surface area contributed by atoms with Crippen molar-refractivity contribution in [1.82, 2.24) is 9.66 Å². The van der Waals surface area contributed by atoms with E-state index in [4.69, 9.17) is 0 Å². The first-order valence-corrected chi connectivity index (χ1v) is 4.02. The lowest BCUT2D eigenvalue weighted by Crippen LogP contribution is -1.85. The first-order valence-electron chi connectivity index (χ1n) is 4.02. The van der Waals surface area contributed by atoms with Crippen LogP contribution in [0, 0.1) is 0 Å². The van der Waals surface area contributed by atoms with Gasteiger partial charge in [-0.1, -0.05) is 30.3 Å². The summed E-state index contributed by atoms with van der Waals surface area (Å²) in [5, 5.41) is 4.17. The van der Waals surface area contributed by atoms with E-state index < -0.39 is 0 Å². The monoisotopic (exact) mass is 171 g/mol. The van der Waals surface area contributed by atoms with Crippen molar-refractivity contribution in [3.05, 3.63) is 54.6 Å². The van der Waals surface area contributed by atoms with Crippen LogP contribution in [0.3, 0.4) is 0 Å². The SMILES string of the molecule is C(=Nn1ccnc1)c1ccccc1. The highest BCUT2D eigenvalue weighted by Crippen LogP contribution is 1.94. The zero-order valence-corrected chi connectivity index (χ0v) is 7.04. The van der Waals surface area contributed by atoms with Crippen molar-refractivity contribution in [2.24, 2.45) is 5.10 Å². The number of rotatable bonds is 2. The van der Waals surface area contributed by atoms with Gasteiger partial charge in [0.05, 0.1) is 6.21 Å². The average molecular weight is 171 g/mol. The van der Waals surface area contributed by atoms with Gasteiger partial charge in [0, 0.05) is 12.4 Å². The Labute approximate surface area is 76.4 Å². The minimum atomic E-state index is 1.08. The Morgan fingerprint density at radius 3 is 2.77 bits per heavy atom. The molecular weight excluding hydrogens is 162 g/mol. The quantitative estimate of drug-likeness (QED) is 0.633. The van der Waals surface area contributed by atoms with Gasteiger partial charge in [-0.3, -0.25) is 0 Å². The van der Waals surface area contributed by atoms with Gasteiger partial charge >= 0.3 is 0 Å². The van der Waals surface area contributed by atoms with Gasteiger partial charge in [0.25, 0.3) is 0 Å². The van der Waals surface area contributed by atoms with Crippen LogP contribution in [0.2, 0.25) is 0 Å². The van der Waals surface area contributed by atoms with Crippen LogP contribution in [-0.4, -0.2) is 15.9 Å². The average Bonchev–Trinajstić information content (AvgIpc) is 2.69. The number of hydrogen-bond acceptors (Lipinski definition) is 2. The predicted molar refractivity (Wildman–Crippen MR) is 51.7 cm³/mol. The van der Waals surface area contributed by atoms with E-state index in [0.717, 1.165) is 5.56 Å². The summed E-state index contributed by atoms with van der Waals surface area (Å²) in [5.41, 5.74) is 1.08. The van der Waals surface area contributed by atoms with Crippen LogP contribution in [0.5, 0.6) is 0 Å². The molecule has 1 aromatic heterocycles. The zero-order valence-electron chi connectivity index (χ0n) is 7.04. The van der Waals surface area contributed by atoms with Gasteiger partial charge in [0.15, 0.2) is 0 Å². The molecule has 0 aliphatic rings. The molecule has 1 aromatic carbocycles. The fourth-order valence-corrected chi connectivity index (χ4v) is 0.993. The molecule has 3 nitrogen and oxygen atoms in total. The molecule has 1 heterocycles. The van der Waals surface area contributed by atoms with E-state index in [0.29, 0.717) is 0 Å². The highest BCUT2D eigenvalue weighted by Gasteiger charge is 1.84. The van der Waals surface area contributed by atoms with Crippen molar-refractivity contribution in [2.45, 2.75) is 0 Å². The largest absolute Gasteiger partial charge is 0.243 e. The smallest absolute Gasteiger partial charge is 0.116 e. The molecule has 0 unspecified atom stereocenters. The zero-order chi connectivity index (χ0) is 8.93. The molecule has 0 amide bonds. The molecule has 0 saturated heterocycles. The van der Waals surface area contributed by atoms with E-state index in [1.54, 1.807) is 29.6 Å². The topological polar surface area (TPSA) is 30.2 Å². The Hall–Kier alpha value is -1.90. The van der Waals surface area contributed by atoms with Crippen LogP contribution in [0.1, 0.15) is 5.56 Å². The minimum Gasteiger partial charge on any atom is -0.243 e. The first-order chi connectivity index (χ1) is 6.45. The van der Waals surface area contributed by atoms with Crippen molar-refractivity contribution in [2.75, 3.05) is 0 Å². The van der Waals surface area contributed by atoms with Gasteiger partial charge in [-0.05, 0) is 5.56 Å². The molecule has 0 aliphatic carbocycles. The summed E-state index contributed by atoms with van der Waals surface area (Å²) in [6.45, 7) is 0. The standard InChI is InChI=1S/C10H9N3/c1-2-4-10(5-3-1)8-12-13-7-6-11-9-13/h1-9H. The lowest BCUT2D eigenvalue weighted by atomic mass is 10.2. The Balaban J connectivity index is 2.15. The van der Waals surface area contributed by atoms with Crippen LogP contribution in [0.25, 0.3) is 0 Å². The molecule has 0 saturated carbocycles. The molecule has 64 valence electrons. The number of aromatic nitrogens is 2. The second-order valence-corrected chi connectivity index (χ2v) is 2.60. The molecule has 0 atom stereocenters. The highest BCUT2D eigenvalue weighted by molar-refractivity contribution is 5.79. The maximum Gasteiger partial charge on any atom is 0.116 e. The Morgan fingerprint density at radius 2 is 2.08 bits per heavy atom. The van der Waals surface area contributed by atoms with Gasteiger partial charge in [0.1, 0.15) is 6.33 Å². The molecule has 13 heavy (non-hydrogen) atoms. The maximum absolute atomic E-state index is 4.17. The number of imidazole rings is 1. The maximum atomic E-state index is 4.17. The van der Waals surface area contributed by atoms with Crippen LogP contribution < -0.4 is 0 Å². The van der Waals surface area contributed by atoms with Crippen LogP contribution >= 0.6 is 0 Å². The molecule has 0 aliphatic heterocycles. The Kier molecular flexibility index (Phi) is 2.18. The summed E-state index contributed by atoms with van der Waals surface area (Å²) in [6, 6.07) is 9.94. The van der Waals surface area contributed by atoms with Crippen molar-refractivity contribution in [3.63, 3.8) is 0 Å². The fraction of sp³-hybridized carbons (Fsp3) is 0. The molecule has 0 radical (unpaired) electrons. The van der Waals surface area contributed by atoms with Crippen molar-refractivity contribution in [3.8, 4) is 0 Å². The first kappa shape index (κ1) is 7.73. The molecular formula is C10H9N3. The van der Waals surface area contributed by atoms with E-state index in [2.05, 4.69) is 10.1 Å². The molecule has 0 N–H and O–H groups in total. The number of nitrogens with zero attached hydrogens (tertiary/aromatic N) is 3. The van der Waals surface area contributed by atoms with Crippen LogP contribution in [-0.2, 0) is 0 Å². The normalized spacial score (nSPS) is 10.8. The summed E-state index contributed by atoms with van der Waals surface area (Å²) in [4.78, 5) is 3.88. The van der Waals surface area contributed by atoms with E-state index in [-0.39, 0.29) is 0 Å². The summed E-state index contributed by atoms with van der Waals surface area (Å²) in [5.74, 6) is 0. The Bertz CT molecular complexity index is 376. The molecule has 2 aromatic rings. The van der Waals surface area contributed by atoms with Gasteiger partial charge < -0.3 is 0 Å². The predicted octanol–water partition coefficient (Wildman–Crippen LogP) is 1.77. The lowest BCUT2D eigenvalue weighted by molar-refractivity contribution is 0.882. The second kappa shape index (κ2) is 3.67. The molecule has 0 fully saturated rings. The van der Waals surface area contributed by atoms with Crippen LogP contribution in [0.15, 0.2) is 54.2 Å². The van der Waals surface area contributed by atoms with Gasteiger partial charge in [-0.2, -0.15) is 5.10 Å². The van der Waals surface area contributed by atoms with Crippen LogP contribution in [0.4, 0.5) is 0 Å². The van der Waals surface area contributed by atoms with Crippen molar-refractivity contribution < 1.29 is 0 Å². The third-order valence-corrected chi connectivity index (χ3v) is 1.63. The molecule has 3 heteroatoms. The third-order valence-electron chi connectivity index (χ3n) is 1.63. The number of hydrogen-bond donors (Lipinski definition) is 0. The summed E-state index contributed by atoms with van der Waals surface area (Å²) in [6.07, 6.45) is 6.93. The summed E-state index contributed by atoms with van der Waals surface area (Å²) >= 11 is 0. The Morgan fingerprint density at radius 1 is 1.23 bits per heavy atom. The highest BCUT2D eigenvalue weighted by atomic mass is 15.3. The van der Waals surface area contributed by atoms with E-state index in [1.165, 1.54) is 0 Å². The summed E-state index contributed by atoms with van der Waals surface area (Å²) in [7, 11) is 0. The second-order valence-electron chi connectivity index (χ2n) is 2.60. The molecule has 0 spiro atoms. The number of benzene rings is 1. The van der Waals surface area contributed by atoms with Crippen molar-refractivity contribution >= 4 is 6.21 Å². The van der Waals surface area contributed by atoms with E-state index in [9.17, 15) is 0 Å².